The minimum absolute atomic E-state index is 0.896. The van der Waals surface area contributed by atoms with Gasteiger partial charge in [-0.1, -0.05) is 0 Å². The van der Waals surface area contributed by atoms with Gasteiger partial charge in [0.1, 0.15) is 0 Å². The van der Waals surface area contributed by atoms with Crippen LogP contribution in [0.15, 0.2) is 43.0 Å². The first-order chi connectivity index (χ1) is 14.6. The van der Waals surface area contributed by atoms with Gasteiger partial charge >= 0.3 is 0 Å². The van der Waals surface area contributed by atoms with Crippen molar-refractivity contribution in [2.24, 2.45) is 7.05 Å². The molecule has 4 aromatic rings. The summed E-state index contributed by atoms with van der Waals surface area (Å²) in [5.74, 6) is 0. The highest BCUT2D eigenvalue weighted by molar-refractivity contribution is 5.86. The molecule has 0 aliphatic rings. The molecule has 0 aliphatic carbocycles. The predicted octanol–water partition coefficient (Wildman–Crippen LogP) is 3.71. The maximum atomic E-state index is 5.01. The van der Waals surface area contributed by atoms with Crippen LogP contribution < -0.4 is 5.32 Å². The molecule has 4 rings (SSSR count). The maximum absolute atomic E-state index is 5.01. The molecule has 0 aliphatic heterocycles. The van der Waals surface area contributed by atoms with Gasteiger partial charge in [-0.05, 0) is 87.7 Å². The average molecular weight is 403 g/mol. The number of likely N-dealkylation sites (N-methyl/N-ethyl adjacent to an activating group) is 1. The molecule has 3 heterocycles. The summed E-state index contributed by atoms with van der Waals surface area (Å²) >= 11 is 0. The highest BCUT2D eigenvalue weighted by Gasteiger charge is 2.13. The molecule has 0 atom stereocenters. The lowest BCUT2D eigenvalue weighted by molar-refractivity contribution is 0.619. The Bertz CT molecular complexity index is 1150. The number of nitrogens with zero attached hydrogens (tertiary/aromatic N) is 5. The molecule has 1 N–H and O–H groups in total. The lowest BCUT2D eigenvalue weighted by Gasteiger charge is -2.14. The van der Waals surface area contributed by atoms with Crippen molar-refractivity contribution in [2.45, 2.75) is 39.7 Å². The summed E-state index contributed by atoms with van der Waals surface area (Å²) in [5, 5.41) is 8.94. The average Bonchev–Trinajstić information content (AvgIpc) is 3.38. The quantitative estimate of drug-likeness (QED) is 0.488. The minimum atomic E-state index is 0.896. The number of imidazole rings is 1. The third-order valence-electron chi connectivity index (χ3n) is 5.83. The van der Waals surface area contributed by atoms with Gasteiger partial charge in [0.15, 0.2) is 0 Å². The second-order valence-electron chi connectivity index (χ2n) is 7.84. The van der Waals surface area contributed by atoms with Crippen LogP contribution in [0.4, 0.5) is 0 Å². The lowest BCUT2D eigenvalue weighted by atomic mass is 9.96. The first-order valence-corrected chi connectivity index (χ1v) is 10.7. The molecule has 0 fully saturated rings. The summed E-state index contributed by atoms with van der Waals surface area (Å²) in [6, 6.07) is 8.94. The number of rotatable bonds is 8. The Morgan fingerprint density at radius 1 is 1.07 bits per heavy atom. The smallest absolute Gasteiger partial charge is 0.0948 e. The van der Waals surface area contributed by atoms with Crippen molar-refractivity contribution in [3.8, 4) is 11.4 Å². The number of hydrogen-bond acceptors (Lipinski definition) is 4. The molecule has 3 aromatic heterocycles. The van der Waals surface area contributed by atoms with Crippen LogP contribution in [-0.2, 0) is 32.9 Å². The summed E-state index contributed by atoms with van der Waals surface area (Å²) in [6.07, 6.45) is 8.53. The van der Waals surface area contributed by atoms with Crippen LogP contribution in [0.25, 0.3) is 22.3 Å². The van der Waals surface area contributed by atoms with Crippen LogP contribution in [-0.4, -0.2) is 37.9 Å². The fraction of sp³-hybridized carbons (Fsp3) is 0.375. The summed E-state index contributed by atoms with van der Waals surface area (Å²) in [4.78, 5) is 9.29. The fourth-order valence-corrected chi connectivity index (χ4v) is 4.08. The molecular formula is C24H30N6. The topological polar surface area (TPSA) is 60.6 Å². The van der Waals surface area contributed by atoms with Gasteiger partial charge in [-0.25, -0.2) is 9.97 Å². The molecule has 0 radical (unpaired) electrons. The molecule has 30 heavy (non-hydrogen) atoms. The lowest BCUT2D eigenvalue weighted by Crippen LogP contribution is -2.11. The van der Waals surface area contributed by atoms with Gasteiger partial charge in [0, 0.05) is 30.9 Å². The molecule has 1 aromatic carbocycles. The van der Waals surface area contributed by atoms with Gasteiger partial charge in [0.05, 0.1) is 29.4 Å². The minimum Gasteiger partial charge on any atom is -0.332 e. The zero-order chi connectivity index (χ0) is 21.1. The van der Waals surface area contributed by atoms with Gasteiger partial charge < -0.3 is 9.88 Å². The van der Waals surface area contributed by atoms with Crippen LogP contribution in [0, 0.1) is 6.92 Å². The summed E-state index contributed by atoms with van der Waals surface area (Å²) in [5.41, 5.74) is 8.34. The van der Waals surface area contributed by atoms with Gasteiger partial charge in [-0.2, -0.15) is 5.10 Å². The number of aryl methyl sites for hydroxylation is 5. The Hall–Kier alpha value is -2.99. The molecule has 0 bridgehead atoms. The van der Waals surface area contributed by atoms with E-state index in [2.05, 4.69) is 58.2 Å². The number of benzene rings is 1. The highest BCUT2D eigenvalue weighted by Crippen LogP contribution is 2.28. The van der Waals surface area contributed by atoms with E-state index in [4.69, 9.17) is 4.98 Å². The third kappa shape index (κ3) is 4.00. The molecule has 6 heteroatoms. The van der Waals surface area contributed by atoms with E-state index in [9.17, 15) is 0 Å². The first-order valence-electron chi connectivity index (χ1n) is 10.7. The van der Waals surface area contributed by atoms with Gasteiger partial charge in [0.25, 0.3) is 0 Å². The Balaban J connectivity index is 1.79. The molecule has 0 spiro atoms. The zero-order valence-electron chi connectivity index (χ0n) is 18.3. The third-order valence-corrected chi connectivity index (χ3v) is 5.83. The Morgan fingerprint density at radius 3 is 2.67 bits per heavy atom. The monoisotopic (exact) mass is 402 g/mol. The van der Waals surface area contributed by atoms with E-state index in [1.54, 1.807) is 0 Å². The molecule has 0 saturated carbocycles. The fourth-order valence-electron chi connectivity index (χ4n) is 4.08. The predicted molar refractivity (Wildman–Crippen MR) is 122 cm³/mol. The Kier molecular flexibility index (Phi) is 5.95. The van der Waals surface area contributed by atoms with Crippen LogP contribution in [0.2, 0.25) is 0 Å². The van der Waals surface area contributed by atoms with E-state index in [-0.39, 0.29) is 0 Å². The van der Waals surface area contributed by atoms with Crippen molar-refractivity contribution >= 4 is 10.9 Å². The van der Waals surface area contributed by atoms with Gasteiger partial charge in [-0.3, -0.25) is 4.68 Å². The number of fused-ring (bicyclic) bond motifs is 1. The van der Waals surface area contributed by atoms with Crippen molar-refractivity contribution in [2.75, 3.05) is 13.6 Å². The number of hydrogen-bond donors (Lipinski definition) is 1. The van der Waals surface area contributed by atoms with Crippen LogP contribution in [0.5, 0.6) is 0 Å². The number of pyridine rings is 1. The Morgan fingerprint density at radius 2 is 1.93 bits per heavy atom. The second kappa shape index (κ2) is 8.79. The van der Waals surface area contributed by atoms with Crippen molar-refractivity contribution in [1.29, 1.82) is 0 Å². The zero-order valence-corrected chi connectivity index (χ0v) is 18.3. The standard InChI is InChI=1S/C24H30N6/c1-5-30-20(9-11-27-30)7-6-19-14-23(24-15-26-16-29(24)4)28-22-12-17(2)18(8-10-25-3)13-21(19)22/h9,11-16,25H,5-8,10H2,1-4H3. The molecular weight excluding hydrogens is 372 g/mol. The van der Waals surface area contributed by atoms with Crippen molar-refractivity contribution in [1.82, 2.24) is 29.6 Å². The summed E-state index contributed by atoms with van der Waals surface area (Å²) < 4.78 is 4.10. The normalized spacial score (nSPS) is 11.5. The first kappa shape index (κ1) is 20.3. The molecule has 0 saturated heterocycles. The van der Waals surface area contributed by atoms with E-state index in [1.807, 2.05) is 37.4 Å². The Labute approximate surface area is 178 Å². The van der Waals surface area contributed by atoms with E-state index in [0.29, 0.717) is 0 Å². The SMILES string of the molecule is CCn1nccc1CCc1cc(-c2cncn2C)nc2cc(C)c(CCNC)cc12. The largest absolute Gasteiger partial charge is 0.332 e. The van der Waals surface area contributed by atoms with Crippen molar-refractivity contribution in [3.05, 3.63) is 65.4 Å². The van der Waals surface area contributed by atoms with Crippen LogP contribution >= 0.6 is 0 Å². The van der Waals surface area contributed by atoms with Gasteiger partial charge in [-0.15, -0.1) is 0 Å². The van der Waals surface area contributed by atoms with E-state index >= 15 is 0 Å². The van der Waals surface area contributed by atoms with Crippen LogP contribution in [0.3, 0.4) is 0 Å². The van der Waals surface area contributed by atoms with E-state index < -0.39 is 0 Å². The second-order valence-corrected chi connectivity index (χ2v) is 7.84. The van der Waals surface area contributed by atoms with Crippen molar-refractivity contribution in [3.63, 3.8) is 0 Å². The molecule has 156 valence electrons. The maximum Gasteiger partial charge on any atom is 0.0948 e. The number of nitrogens with one attached hydrogen (secondary N) is 1. The summed E-state index contributed by atoms with van der Waals surface area (Å²) in [6.45, 7) is 6.18. The molecule has 6 nitrogen and oxygen atoms in total. The molecule has 0 amide bonds. The van der Waals surface area contributed by atoms with Gasteiger partial charge in [0.2, 0.25) is 0 Å². The summed E-state index contributed by atoms with van der Waals surface area (Å²) in [7, 11) is 4.01. The van der Waals surface area contributed by atoms with Crippen LogP contribution in [0.1, 0.15) is 29.3 Å². The molecule has 0 unspecified atom stereocenters. The highest BCUT2D eigenvalue weighted by atomic mass is 15.3. The van der Waals surface area contributed by atoms with Crippen molar-refractivity contribution < 1.29 is 0 Å². The number of aromatic nitrogens is 5. The van der Waals surface area contributed by atoms with E-state index in [1.165, 1.54) is 27.8 Å². The van der Waals surface area contributed by atoms with E-state index in [0.717, 1.165) is 49.3 Å².